The second-order valence-corrected chi connectivity index (χ2v) is 5.48. The summed E-state index contributed by atoms with van der Waals surface area (Å²) in [4.78, 5) is 17.5. The Morgan fingerprint density at radius 1 is 1.39 bits per heavy atom. The van der Waals surface area contributed by atoms with Gasteiger partial charge in [0.05, 0.1) is 23.7 Å². The first kappa shape index (κ1) is 17.5. The molecular weight excluding hydrogens is 351 g/mol. The number of ether oxygens (including phenoxy) is 1. The van der Waals surface area contributed by atoms with E-state index < -0.39 is 12.5 Å². The molecule has 1 heterocycles. The molecule has 0 saturated carbocycles. The number of hydrogen-bond donors (Lipinski definition) is 0. The lowest BCUT2D eigenvalue weighted by Gasteiger charge is -2.18. The van der Waals surface area contributed by atoms with Crippen LogP contribution in [0.3, 0.4) is 0 Å². The summed E-state index contributed by atoms with van der Waals surface area (Å²) in [5, 5.41) is 0.372. The van der Waals surface area contributed by atoms with Crippen LogP contribution in [0.4, 0.5) is 8.78 Å². The van der Waals surface area contributed by atoms with Gasteiger partial charge < -0.3 is 9.64 Å². The Bertz CT molecular complexity index is 699. The van der Waals surface area contributed by atoms with Gasteiger partial charge >= 0.3 is 6.55 Å². The Labute approximate surface area is 141 Å². The van der Waals surface area contributed by atoms with Crippen LogP contribution in [-0.4, -0.2) is 34.5 Å². The van der Waals surface area contributed by atoms with Crippen molar-refractivity contribution in [3.8, 4) is 5.75 Å². The molecule has 0 aliphatic rings. The Morgan fingerprint density at radius 3 is 2.52 bits per heavy atom. The summed E-state index contributed by atoms with van der Waals surface area (Å²) in [5.41, 5.74) is 0.221. The number of amides is 1. The first-order valence-electron chi connectivity index (χ1n) is 6.43. The number of nitrogens with zero attached hydrogens (tertiary/aromatic N) is 3. The monoisotopic (exact) mass is 363 g/mol. The molecule has 0 fully saturated rings. The predicted octanol–water partition coefficient (Wildman–Crippen LogP) is 3.87. The second kappa shape index (κ2) is 7.14. The summed E-state index contributed by atoms with van der Waals surface area (Å²) >= 11 is 12.0. The number of halogens is 4. The number of carbonyl (C=O) groups excluding carboxylic acids is 1. The second-order valence-electron chi connectivity index (χ2n) is 4.66. The Kier molecular flexibility index (Phi) is 5.43. The fraction of sp³-hybridized carbons (Fsp3) is 0.286. The fourth-order valence-electron chi connectivity index (χ4n) is 2.03. The van der Waals surface area contributed by atoms with E-state index in [2.05, 4.69) is 4.98 Å². The molecule has 23 heavy (non-hydrogen) atoms. The van der Waals surface area contributed by atoms with Crippen molar-refractivity contribution >= 4 is 29.1 Å². The van der Waals surface area contributed by atoms with Crippen LogP contribution >= 0.6 is 23.2 Å². The minimum absolute atomic E-state index is 0.0709. The average molecular weight is 364 g/mol. The topological polar surface area (TPSA) is 47.4 Å². The lowest BCUT2D eigenvalue weighted by Crippen LogP contribution is -2.28. The molecule has 0 N–H and O–H groups in total. The minimum Gasteiger partial charge on any atom is -0.494 e. The van der Waals surface area contributed by atoms with Crippen molar-refractivity contribution in [2.75, 3.05) is 14.2 Å². The molecule has 9 heteroatoms. The zero-order valence-electron chi connectivity index (χ0n) is 12.3. The maximum absolute atomic E-state index is 12.8. The van der Waals surface area contributed by atoms with E-state index >= 15 is 0 Å². The number of benzene rings is 1. The molecule has 1 amide bonds. The Balaban J connectivity index is 2.21. The third kappa shape index (κ3) is 3.73. The molecule has 0 saturated heterocycles. The van der Waals surface area contributed by atoms with Gasteiger partial charge in [-0.05, 0) is 12.1 Å². The van der Waals surface area contributed by atoms with Crippen LogP contribution in [0.25, 0.3) is 0 Å². The third-order valence-electron chi connectivity index (χ3n) is 3.13. The zero-order valence-corrected chi connectivity index (χ0v) is 13.8. The number of imidazole rings is 1. The number of aromatic nitrogens is 2. The van der Waals surface area contributed by atoms with Crippen LogP contribution in [-0.2, 0) is 6.54 Å². The van der Waals surface area contributed by atoms with Crippen molar-refractivity contribution in [1.29, 1.82) is 0 Å². The number of rotatable bonds is 5. The van der Waals surface area contributed by atoms with Gasteiger partial charge in [-0.25, -0.2) is 4.98 Å². The zero-order chi connectivity index (χ0) is 17.1. The molecule has 0 spiro atoms. The van der Waals surface area contributed by atoms with Crippen molar-refractivity contribution in [3.63, 3.8) is 0 Å². The standard InChI is InChI=1S/C14H13Cl2F2N3O2/c1-20(7-11-19-3-4-21(11)14(17)18)13(22)8-5-9(15)12(23-2)10(16)6-8/h3-6,14H,7H2,1-2H3. The van der Waals surface area contributed by atoms with E-state index in [-0.39, 0.29) is 33.7 Å². The third-order valence-corrected chi connectivity index (χ3v) is 3.70. The molecule has 0 aliphatic carbocycles. The predicted molar refractivity (Wildman–Crippen MR) is 82.3 cm³/mol. The molecule has 124 valence electrons. The van der Waals surface area contributed by atoms with E-state index in [1.165, 1.54) is 37.4 Å². The molecule has 5 nitrogen and oxygen atoms in total. The summed E-state index contributed by atoms with van der Waals surface area (Å²) in [6.07, 6.45) is 2.40. The van der Waals surface area contributed by atoms with Crippen LogP contribution in [0.5, 0.6) is 5.75 Å². The van der Waals surface area contributed by atoms with Crippen molar-refractivity contribution < 1.29 is 18.3 Å². The van der Waals surface area contributed by atoms with Gasteiger partial charge in [0, 0.05) is 25.0 Å². The smallest absolute Gasteiger partial charge is 0.319 e. The van der Waals surface area contributed by atoms with Gasteiger partial charge in [0.25, 0.3) is 5.91 Å². The van der Waals surface area contributed by atoms with Crippen LogP contribution in [0, 0.1) is 0 Å². The van der Waals surface area contributed by atoms with Crippen molar-refractivity contribution in [2.24, 2.45) is 0 Å². The molecule has 0 radical (unpaired) electrons. The average Bonchev–Trinajstić information content (AvgIpc) is 2.94. The molecule has 0 bridgehead atoms. The highest BCUT2D eigenvalue weighted by molar-refractivity contribution is 6.37. The fourth-order valence-corrected chi connectivity index (χ4v) is 2.67. The molecule has 0 atom stereocenters. The molecule has 2 aromatic rings. The largest absolute Gasteiger partial charge is 0.494 e. The van der Waals surface area contributed by atoms with Gasteiger partial charge in [-0.2, -0.15) is 8.78 Å². The molecule has 1 aromatic carbocycles. The first-order chi connectivity index (χ1) is 10.8. The summed E-state index contributed by atoms with van der Waals surface area (Å²) in [6.45, 7) is -2.81. The van der Waals surface area contributed by atoms with Gasteiger partial charge in [-0.1, -0.05) is 23.2 Å². The van der Waals surface area contributed by atoms with Crippen molar-refractivity contribution in [1.82, 2.24) is 14.5 Å². The summed E-state index contributed by atoms with van der Waals surface area (Å²) in [7, 11) is 2.88. The van der Waals surface area contributed by atoms with Gasteiger partial charge in [-0.15, -0.1) is 0 Å². The highest BCUT2D eigenvalue weighted by Gasteiger charge is 2.19. The summed E-state index contributed by atoms with van der Waals surface area (Å²) in [5.74, 6) is -0.0948. The normalized spacial score (nSPS) is 10.9. The van der Waals surface area contributed by atoms with E-state index in [4.69, 9.17) is 27.9 Å². The quantitative estimate of drug-likeness (QED) is 0.809. The highest BCUT2D eigenvalue weighted by Crippen LogP contribution is 2.34. The summed E-state index contributed by atoms with van der Waals surface area (Å²) in [6, 6.07) is 2.81. The van der Waals surface area contributed by atoms with Crippen LogP contribution < -0.4 is 4.74 Å². The maximum atomic E-state index is 12.8. The van der Waals surface area contributed by atoms with Crippen molar-refractivity contribution in [2.45, 2.75) is 13.1 Å². The lowest BCUT2D eigenvalue weighted by atomic mass is 10.2. The Morgan fingerprint density at radius 2 is 2.00 bits per heavy atom. The van der Waals surface area contributed by atoms with Gasteiger partial charge in [0.2, 0.25) is 0 Å². The van der Waals surface area contributed by atoms with Crippen LogP contribution in [0.15, 0.2) is 24.5 Å². The van der Waals surface area contributed by atoms with Crippen LogP contribution in [0.1, 0.15) is 22.7 Å². The molecule has 1 aromatic heterocycles. The minimum atomic E-state index is -2.72. The first-order valence-corrected chi connectivity index (χ1v) is 7.19. The molecular formula is C14H13Cl2F2N3O2. The number of alkyl halides is 2. The van der Waals surface area contributed by atoms with Crippen LogP contribution in [0.2, 0.25) is 10.0 Å². The van der Waals surface area contributed by atoms with E-state index in [0.717, 1.165) is 6.20 Å². The lowest BCUT2D eigenvalue weighted by molar-refractivity contribution is 0.0612. The summed E-state index contributed by atoms with van der Waals surface area (Å²) < 4.78 is 31.3. The van der Waals surface area contributed by atoms with Gasteiger partial charge in [0.1, 0.15) is 5.82 Å². The van der Waals surface area contributed by atoms with Crippen molar-refractivity contribution in [3.05, 3.63) is 46.0 Å². The number of carbonyl (C=O) groups is 1. The van der Waals surface area contributed by atoms with E-state index in [0.29, 0.717) is 4.57 Å². The number of methoxy groups -OCH3 is 1. The van der Waals surface area contributed by atoms with E-state index in [1.807, 2.05) is 0 Å². The molecule has 0 aliphatic heterocycles. The highest BCUT2D eigenvalue weighted by atomic mass is 35.5. The molecule has 0 unspecified atom stereocenters. The van der Waals surface area contributed by atoms with E-state index in [1.54, 1.807) is 0 Å². The van der Waals surface area contributed by atoms with E-state index in [9.17, 15) is 13.6 Å². The SMILES string of the molecule is COc1c(Cl)cc(C(=O)N(C)Cc2nccn2C(F)F)cc1Cl. The van der Waals surface area contributed by atoms with Gasteiger partial charge in [0.15, 0.2) is 5.75 Å². The number of hydrogen-bond acceptors (Lipinski definition) is 3. The maximum Gasteiger partial charge on any atom is 0.319 e. The van der Waals surface area contributed by atoms with Gasteiger partial charge in [-0.3, -0.25) is 9.36 Å². The Hall–Kier alpha value is -1.86. The molecule has 2 rings (SSSR count).